The van der Waals surface area contributed by atoms with E-state index in [1.807, 2.05) is 23.5 Å². The number of thioether (sulfide) groups is 2. The molecule has 0 nitrogen and oxygen atoms in total. The van der Waals surface area contributed by atoms with Crippen LogP contribution in [0, 0.1) is 5.41 Å². The van der Waals surface area contributed by atoms with Gasteiger partial charge in [-0.05, 0) is 29.0 Å². The van der Waals surface area contributed by atoms with E-state index in [-0.39, 0.29) is 0 Å². The summed E-state index contributed by atoms with van der Waals surface area (Å²) < 4.78 is 0. The minimum Gasteiger partial charge on any atom is -0.124 e. The minimum absolute atomic E-state index is 0.451. The van der Waals surface area contributed by atoms with E-state index >= 15 is 0 Å². The third-order valence-electron chi connectivity index (χ3n) is 2.87. The first-order valence-electron chi connectivity index (χ1n) is 5.87. The highest BCUT2D eigenvalue weighted by atomic mass is 32.2. The highest BCUT2D eigenvalue weighted by Crippen LogP contribution is 2.42. The fourth-order valence-electron chi connectivity index (χ4n) is 1.70. The molecule has 1 aliphatic heterocycles. The largest absolute Gasteiger partial charge is 0.124 e. The van der Waals surface area contributed by atoms with E-state index in [1.165, 1.54) is 26.9 Å². The van der Waals surface area contributed by atoms with Crippen LogP contribution in [0.4, 0.5) is 0 Å². The van der Waals surface area contributed by atoms with Crippen LogP contribution in [0.15, 0.2) is 28.0 Å². The van der Waals surface area contributed by atoms with Gasteiger partial charge in [0.1, 0.15) is 0 Å². The normalized spacial score (nSPS) is 19.3. The maximum absolute atomic E-state index is 2.39. The van der Waals surface area contributed by atoms with E-state index in [0.717, 1.165) is 0 Å². The van der Waals surface area contributed by atoms with Crippen molar-refractivity contribution in [2.45, 2.75) is 43.4 Å². The van der Waals surface area contributed by atoms with E-state index in [0.29, 0.717) is 11.3 Å². The molecule has 1 aromatic rings. The molecule has 0 fully saturated rings. The summed E-state index contributed by atoms with van der Waals surface area (Å²) >= 11 is 4.04. The zero-order chi connectivity index (χ0) is 11.8. The van der Waals surface area contributed by atoms with Crippen LogP contribution in [0.3, 0.4) is 0 Å². The lowest BCUT2D eigenvalue weighted by molar-refractivity contribution is 0.493. The van der Waals surface area contributed by atoms with E-state index in [4.69, 9.17) is 0 Å². The lowest BCUT2D eigenvalue weighted by Crippen LogP contribution is -2.16. The summed E-state index contributed by atoms with van der Waals surface area (Å²) in [6.07, 6.45) is 0. The molecule has 0 spiro atoms. The highest BCUT2D eigenvalue weighted by Gasteiger charge is 2.23. The van der Waals surface area contributed by atoms with Gasteiger partial charge in [0.15, 0.2) is 0 Å². The maximum Gasteiger partial charge on any atom is 0.0211 e. The van der Waals surface area contributed by atoms with Gasteiger partial charge in [0, 0.05) is 21.3 Å². The Morgan fingerprint density at radius 2 is 1.69 bits per heavy atom. The van der Waals surface area contributed by atoms with Crippen molar-refractivity contribution in [3.63, 3.8) is 0 Å². The molecule has 1 heterocycles. The van der Waals surface area contributed by atoms with E-state index in [2.05, 4.69) is 45.9 Å². The summed E-state index contributed by atoms with van der Waals surface area (Å²) in [4.78, 5) is 2.96. The van der Waals surface area contributed by atoms with Gasteiger partial charge < -0.3 is 0 Å². The molecule has 0 aliphatic carbocycles. The molecule has 2 rings (SSSR count). The molecule has 1 aliphatic rings. The Morgan fingerprint density at radius 3 is 2.31 bits per heavy atom. The monoisotopic (exact) mass is 252 g/mol. The Hall–Kier alpha value is -0.0800. The van der Waals surface area contributed by atoms with E-state index in [1.54, 1.807) is 0 Å². The van der Waals surface area contributed by atoms with Crippen molar-refractivity contribution >= 4 is 23.5 Å². The predicted octanol–water partition coefficient (Wildman–Crippen LogP) is 5.03. The van der Waals surface area contributed by atoms with Gasteiger partial charge in [0.25, 0.3) is 0 Å². The summed E-state index contributed by atoms with van der Waals surface area (Å²) in [5.74, 6) is 3.09. The third-order valence-corrected chi connectivity index (χ3v) is 6.17. The standard InChI is InChI=1S/C14H20S2/c1-10(2)11-5-6-12-13(7-11)16-9-14(3,4)8-15-12/h5-7,10H,8-9H2,1-4H3. The Morgan fingerprint density at radius 1 is 1.06 bits per heavy atom. The Kier molecular flexibility index (Phi) is 3.60. The number of benzene rings is 1. The summed E-state index contributed by atoms with van der Waals surface area (Å²) in [6, 6.07) is 6.98. The van der Waals surface area contributed by atoms with Gasteiger partial charge in [-0.2, -0.15) is 0 Å². The molecule has 0 saturated heterocycles. The van der Waals surface area contributed by atoms with Gasteiger partial charge >= 0.3 is 0 Å². The van der Waals surface area contributed by atoms with Crippen LogP contribution in [0.25, 0.3) is 0 Å². The van der Waals surface area contributed by atoms with Gasteiger partial charge in [-0.3, -0.25) is 0 Å². The Balaban J connectivity index is 2.29. The number of hydrogen-bond acceptors (Lipinski definition) is 2. The first kappa shape index (κ1) is 12.4. The van der Waals surface area contributed by atoms with Crippen LogP contribution in [-0.4, -0.2) is 11.5 Å². The molecule has 0 saturated carbocycles. The van der Waals surface area contributed by atoms with Crippen LogP contribution in [-0.2, 0) is 0 Å². The van der Waals surface area contributed by atoms with Crippen LogP contribution < -0.4 is 0 Å². The van der Waals surface area contributed by atoms with Crippen LogP contribution in [0.2, 0.25) is 0 Å². The van der Waals surface area contributed by atoms with Gasteiger partial charge in [-0.15, -0.1) is 23.5 Å². The minimum atomic E-state index is 0.451. The van der Waals surface area contributed by atoms with E-state index in [9.17, 15) is 0 Å². The number of fused-ring (bicyclic) bond motifs is 1. The third kappa shape index (κ3) is 2.78. The van der Waals surface area contributed by atoms with Gasteiger partial charge in [0.2, 0.25) is 0 Å². The van der Waals surface area contributed by atoms with Crippen molar-refractivity contribution < 1.29 is 0 Å². The van der Waals surface area contributed by atoms with Gasteiger partial charge in [-0.1, -0.05) is 33.8 Å². The zero-order valence-electron chi connectivity index (χ0n) is 10.5. The lowest BCUT2D eigenvalue weighted by atomic mass is 10.0. The molecule has 0 bridgehead atoms. The molecule has 16 heavy (non-hydrogen) atoms. The van der Waals surface area contributed by atoms with Crippen molar-refractivity contribution in [3.8, 4) is 0 Å². The average Bonchev–Trinajstić information content (AvgIpc) is 2.38. The van der Waals surface area contributed by atoms with E-state index < -0.39 is 0 Å². The first-order valence-corrected chi connectivity index (χ1v) is 7.85. The molecular weight excluding hydrogens is 232 g/mol. The molecule has 0 radical (unpaired) electrons. The average molecular weight is 252 g/mol. The second-order valence-electron chi connectivity index (χ2n) is 5.60. The molecule has 1 aromatic carbocycles. The molecule has 0 unspecified atom stereocenters. The topological polar surface area (TPSA) is 0 Å². The molecule has 0 atom stereocenters. The fourth-order valence-corrected chi connectivity index (χ4v) is 4.28. The summed E-state index contributed by atoms with van der Waals surface area (Å²) in [7, 11) is 0. The van der Waals surface area contributed by atoms with Crippen molar-refractivity contribution in [2.24, 2.45) is 5.41 Å². The fraction of sp³-hybridized carbons (Fsp3) is 0.571. The molecule has 0 aromatic heterocycles. The number of rotatable bonds is 1. The first-order chi connectivity index (χ1) is 7.48. The molecule has 0 N–H and O–H groups in total. The Labute approximate surface area is 108 Å². The second kappa shape index (κ2) is 4.66. The summed E-state index contributed by atoms with van der Waals surface area (Å²) in [5.41, 5.74) is 1.92. The molecule has 0 amide bonds. The quantitative estimate of drug-likeness (QED) is 0.687. The SMILES string of the molecule is CC(C)c1ccc2c(c1)SCC(C)(C)CS2. The van der Waals surface area contributed by atoms with Crippen molar-refractivity contribution in [2.75, 3.05) is 11.5 Å². The van der Waals surface area contributed by atoms with Crippen LogP contribution in [0.5, 0.6) is 0 Å². The Bertz CT molecular complexity index is 380. The maximum atomic E-state index is 2.39. The molecular formula is C14H20S2. The predicted molar refractivity (Wildman–Crippen MR) is 75.8 cm³/mol. The van der Waals surface area contributed by atoms with Crippen molar-refractivity contribution in [1.29, 1.82) is 0 Å². The smallest absolute Gasteiger partial charge is 0.0211 e. The summed E-state index contributed by atoms with van der Waals surface area (Å²) in [5, 5.41) is 0. The van der Waals surface area contributed by atoms with Crippen LogP contribution >= 0.6 is 23.5 Å². The van der Waals surface area contributed by atoms with Crippen molar-refractivity contribution in [3.05, 3.63) is 23.8 Å². The molecule has 2 heteroatoms. The number of hydrogen-bond donors (Lipinski definition) is 0. The second-order valence-corrected chi connectivity index (χ2v) is 7.64. The lowest BCUT2D eigenvalue weighted by Gasteiger charge is -2.19. The van der Waals surface area contributed by atoms with Gasteiger partial charge in [0.05, 0.1) is 0 Å². The highest BCUT2D eigenvalue weighted by molar-refractivity contribution is 8.03. The van der Waals surface area contributed by atoms with Crippen molar-refractivity contribution in [1.82, 2.24) is 0 Å². The summed E-state index contributed by atoms with van der Waals surface area (Å²) in [6.45, 7) is 9.25. The zero-order valence-corrected chi connectivity index (χ0v) is 12.2. The molecule has 88 valence electrons. The van der Waals surface area contributed by atoms with Gasteiger partial charge in [-0.25, -0.2) is 0 Å². The van der Waals surface area contributed by atoms with Crippen LogP contribution in [0.1, 0.15) is 39.2 Å².